The Morgan fingerprint density at radius 2 is 2.25 bits per heavy atom. The van der Waals surface area contributed by atoms with Gasteiger partial charge in [-0.1, -0.05) is 13.3 Å². The van der Waals surface area contributed by atoms with Gasteiger partial charge in [0, 0.05) is 6.61 Å². The van der Waals surface area contributed by atoms with E-state index in [1.54, 1.807) is 0 Å². The molecule has 0 aromatic rings. The number of hydrogen-bond donors (Lipinski definition) is 2. The van der Waals surface area contributed by atoms with E-state index in [1.165, 1.54) is 0 Å². The van der Waals surface area contributed by atoms with Crippen LogP contribution in [0.1, 0.15) is 33.1 Å². The van der Waals surface area contributed by atoms with Crippen molar-refractivity contribution < 1.29 is 19.4 Å². The Hall–Kier alpha value is -1.10. The second-order valence-corrected chi connectivity index (χ2v) is 4.16. The minimum atomic E-state index is -0.971. The molecule has 0 saturated carbocycles. The van der Waals surface area contributed by atoms with Crippen molar-refractivity contribution in [3.8, 4) is 0 Å². The fourth-order valence-corrected chi connectivity index (χ4v) is 1.90. The molecule has 1 aliphatic rings. The lowest BCUT2D eigenvalue weighted by molar-refractivity contribution is -0.143. The summed E-state index contributed by atoms with van der Waals surface area (Å²) in [6, 6.07) is -0.773. The van der Waals surface area contributed by atoms with Gasteiger partial charge in [-0.25, -0.2) is 4.79 Å². The largest absolute Gasteiger partial charge is 0.480 e. The molecule has 0 aromatic carbocycles. The minimum Gasteiger partial charge on any atom is -0.480 e. The molecule has 1 aliphatic heterocycles. The third-order valence-corrected chi connectivity index (χ3v) is 2.90. The van der Waals surface area contributed by atoms with Crippen LogP contribution in [0.15, 0.2) is 0 Å². The maximum absolute atomic E-state index is 11.8. The average molecular weight is 229 g/mol. The zero-order valence-electron chi connectivity index (χ0n) is 9.73. The second kappa shape index (κ2) is 5.84. The van der Waals surface area contributed by atoms with Gasteiger partial charge in [0.1, 0.15) is 6.04 Å². The van der Waals surface area contributed by atoms with Crippen LogP contribution in [0.2, 0.25) is 0 Å². The van der Waals surface area contributed by atoms with Crippen LogP contribution in [0.3, 0.4) is 0 Å². The predicted octanol–water partition coefficient (Wildman–Crippen LogP) is 0.781. The topological polar surface area (TPSA) is 75.6 Å². The number of hydrogen-bond acceptors (Lipinski definition) is 3. The van der Waals surface area contributed by atoms with Crippen LogP contribution >= 0.6 is 0 Å². The highest BCUT2D eigenvalue weighted by Gasteiger charge is 2.32. The van der Waals surface area contributed by atoms with Gasteiger partial charge < -0.3 is 15.2 Å². The van der Waals surface area contributed by atoms with Gasteiger partial charge in [-0.05, 0) is 19.8 Å². The summed E-state index contributed by atoms with van der Waals surface area (Å²) in [7, 11) is 0. The summed E-state index contributed by atoms with van der Waals surface area (Å²) < 4.78 is 5.28. The Kier molecular flexibility index (Phi) is 4.73. The second-order valence-electron chi connectivity index (χ2n) is 4.16. The highest BCUT2D eigenvalue weighted by atomic mass is 16.5. The van der Waals surface area contributed by atoms with Crippen molar-refractivity contribution in [2.45, 2.75) is 45.3 Å². The molecule has 0 bridgehead atoms. The molecule has 2 N–H and O–H groups in total. The van der Waals surface area contributed by atoms with E-state index in [4.69, 9.17) is 9.84 Å². The molecule has 0 radical (unpaired) electrons. The fourth-order valence-electron chi connectivity index (χ4n) is 1.90. The molecule has 16 heavy (non-hydrogen) atoms. The van der Waals surface area contributed by atoms with Gasteiger partial charge >= 0.3 is 5.97 Å². The standard InChI is InChI=1S/C11H19NO4/c1-3-4-9(11(14)15)12-10(13)8-5-6-16-7(8)2/h7-9H,3-6H2,1-2H3,(H,12,13)(H,14,15). The highest BCUT2D eigenvalue weighted by molar-refractivity contribution is 5.85. The van der Waals surface area contributed by atoms with Gasteiger partial charge in [0.05, 0.1) is 12.0 Å². The number of carbonyl (C=O) groups is 2. The maximum atomic E-state index is 11.8. The quantitative estimate of drug-likeness (QED) is 0.730. The highest BCUT2D eigenvalue weighted by Crippen LogP contribution is 2.20. The molecular weight excluding hydrogens is 210 g/mol. The molecule has 3 unspecified atom stereocenters. The summed E-state index contributed by atoms with van der Waals surface area (Å²) in [5, 5.41) is 11.5. The van der Waals surface area contributed by atoms with Gasteiger partial charge in [-0.15, -0.1) is 0 Å². The Balaban J connectivity index is 2.50. The first-order valence-corrected chi connectivity index (χ1v) is 5.71. The normalized spacial score (nSPS) is 26.4. The summed E-state index contributed by atoms with van der Waals surface area (Å²) in [5.41, 5.74) is 0. The van der Waals surface area contributed by atoms with Gasteiger partial charge in [0.2, 0.25) is 5.91 Å². The first-order chi connectivity index (χ1) is 7.56. The monoisotopic (exact) mass is 229 g/mol. The molecule has 1 saturated heterocycles. The lowest BCUT2D eigenvalue weighted by Gasteiger charge is -2.18. The Morgan fingerprint density at radius 3 is 2.69 bits per heavy atom. The Morgan fingerprint density at radius 1 is 1.56 bits per heavy atom. The van der Waals surface area contributed by atoms with E-state index in [9.17, 15) is 9.59 Å². The van der Waals surface area contributed by atoms with Crippen molar-refractivity contribution in [2.75, 3.05) is 6.61 Å². The lowest BCUT2D eigenvalue weighted by Crippen LogP contribution is -2.44. The number of aliphatic carboxylic acids is 1. The molecule has 5 nitrogen and oxygen atoms in total. The van der Waals surface area contributed by atoms with E-state index in [2.05, 4.69) is 5.32 Å². The van der Waals surface area contributed by atoms with Crippen molar-refractivity contribution in [1.82, 2.24) is 5.32 Å². The van der Waals surface area contributed by atoms with E-state index >= 15 is 0 Å². The van der Waals surface area contributed by atoms with Crippen LogP contribution in [-0.2, 0) is 14.3 Å². The number of carboxylic acid groups (broad SMARTS) is 1. The van der Waals surface area contributed by atoms with Crippen molar-refractivity contribution >= 4 is 11.9 Å². The summed E-state index contributed by atoms with van der Waals surface area (Å²) in [6.45, 7) is 4.31. The van der Waals surface area contributed by atoms with Crippen LogP contribution in [0.4, 0.5) is 0 Å². The number of amides is 1. The van der Waals surface area contributed by atoms with Crippen LogP contribution in [0.5, 0.6) is 0 Å². The average Bonchev–Trinajstić information content (AvgIpc) is 2.63. The van der Waals surface area contributed by atoms with E-state index in [0.717, 1.165) is 6.42 Å². The molecule has 0 spiro atoms. The van der Waals surface area contributed by atoms with Crippen LogP contribution in [0.25, 0.3) is 0 Å². The molecule has 0 aromatic heterocycles. The molecule has 1 rings (SSSR count). The Labute approximate surface area is 95.2 Å². The van der Waals surface area contributed by atoms with E-state index in [1.807, 2.05) is 13.8 Å². The molecule has 1 heterocycles. The number of rotatable bonds is 5. The number of ether oxygens (including phenoxy) is 1. The first kappa shape index (κ1) is 13.0. The smallest absolute Gasteiger partial charge is 0.326 e. The van der Waals surface area contributed by atoms with Crippen LogP contribution in [0, 0.1) is 5.92 Å². The van der Waals surface area contributed by atoms with Gasteiger partial charge in [-0.2, -0.15) is 0 Å². The lowest BCUT2D eigenvalue weighted by atomic mass is 10.0. The molecule has 92 valence electrons. The summed E-state index contributed by atoms with van der Waals surface area (Å²) in [5.74, 6) is -1.38. The van der Waals surface area contributed by atoms with E-state index in [-0.39, 0.29) is 17.9 Å². The van der Waals surface area contributed by atoms with Crippen LogP contribution < -0.4 is 5.32 Å². The molecular formula is C11H19NO4. The number of carboxylic acids is 1. The zero-order chi connectivity index (χ0) is 12.1. The third-order valence-electron chi connectivity index (χ3n) is 2.90. The van der Waals surface area contributed by atoms with E-state index < -0.39 is 12.0 Å². The van der Waals surface area contributed by atoms with E-state index in [0.29, 0.717) is 19.4 Å². The SMILES string of the molecule is CCCC(NC(=O)C1CCOC1C)C(=O)O. The summed E-state index contributed by atoms with van der Waals surface area (Å²) in [6.07, 6.45) is 1.75. The number of carbonyl (C=O) groups excluding carboxylic acids is 1. The first-order valence-electron chi connectivity index (χ1n) is 5.71. The molecule has 1 fully saturated rings. The molecule has 5 heteroatoms. The number of nitrogens with one attached hydrogen (secondary N) is 1. The van der Waals surface area contributed by atoms with Crippen molar-refractivity contribution in [3.63, 3.8) is 0 Å². The minimum absolute atomic E-state index is 0.115. The Bertz CT molecular complexity index is 267. The summed E-state index contributed by atoms with van der Waals surface area (Å²) in [4.78, 5) is 22.7. The van der Waals surface area contributed by atoms with Crippen LogP contribution in [-0.4, -0.2) is 35.7 Å². The molecule has 3 atom stereocenters. The predicted molar refractivity (Wildman–Crippen MR) is 58.0 cm³/mol. The fraction of sp³-hybridized carbons (Fsp3) is 0.818. The molecule has 1 amide bonds. The van der Waals surface area contributed by atoms with Crippen molar-refractivity contribution in [2.24, 2.45) is 5.92 Å². The maximum Gasteiger partial charge on any atom is 0.326 e. The van der Waals surface area contributed by atoms with Crippen molar-refractivity contribution in [1.29, 1.82) is 0 Å². The third kappa shape index (κ3) is 3.20. The zero-order valence-corrected chi connectivity index (χ0v) is 9.73. The summed E-state index contributed by atoms with van der Waals surface area (Å²) >= 11 is 0. The van der Waals surface area contributed by atoms with Gasteiger partial charge in [0.25, 0.3) is 0 Å². The van der Waals surface area contributed by atoms with Gasteiger partial charge in [-0.3, -0.25) is 4.79 Å². The molecule has 0 aliphatic carbocycles. The van der Waals surface area contributed by atoms with Gasteiger partial charge in [0.15, 0.2) is 0 Å². The van der Waals surface area contributed by atoms with Crippen molar-refractivity contribution in [3.05, 3.63) is 0 Å².